The lowest BCUT2D eigenvalue weighted by Gasteiger charge is -2.05. The molecule has 1 aromatic heterocycles. The van der Waals surface area contributed by atoms with E-state index in [0.717, 1.165) is 9.26 Å². The molecule has 1 aromatic carbocycles. The second kappa shape index (κ2) is 4.42. The Morgan fingerprint density at radius 1 is 1.47 bits per heavy atom. The number of nitrogens with two attached hydrogens (primary N) is 1. The Morgan fingerprint density at radius 2 is 2.27 bits per heavy atom. The molecule has 0 atom stereocenters. The van der Waals surface area contributed by atoms with E-state index in [1.807, 2.05) is 18.2 Å². The molecule has 0 bridgehead atoms. The van der Waals surface area contributed by atoms with Crippen LogP contribution >= 0.6 is 34.2 Å². The molecule has 0 aliphatic carbocycles. The van der Waals surface area contributed by atoms with Crippen LogP contribution in [0.2, 0.25) is 5.02 Å². The highest BCUT2D eigenvalue weighted by molar-refractivity contribution is 14.1. The number of hydrogen-bond donors (Lipinski definition) is 1. The fourth-order valence-corrected chi connectivity index (χ4v) is 2.11. The van der Waals surface area contributed by atoms with Crippen LogP contribution < -0.4 is 5.73 Å². The molecule has 0 amide bonds. The van der Waals surface area contributed by atoms with Gasteiger partial charge in [0, 0.05) is 3.57 Å². The van der Waals surface area contributed by atoms with Gasteiger partial charge in [0.25, 0.3) is 0 Å². The first-order valence-corrected chi connectivity index (χ1v) is 5.61. The van der Waals surface area contributed by atoms with E-state index in [2.05, 4.69) is 38.1 Å². The number of nitrogens with zero attached hydrogens (tertiary/aromatic N) is 4. The molecule has 0 fully saturated rings. The molecule has 0 aliphatic heterocycles. The predicted octanol–water partition coefficient (Wildman–Crippen LogP) is 1.38. The fraction of sp³-hybridized carbons (Fsp3) is 0.125. The van der Waals surface area contributed by atoms with Crippen molar-refractivity contribution in [3.63, 3.8) is 0 Å². The topological polar surface area (TPSA) is 69.6 Å². The van der Waals surface area contributed by atoms with E-state index in [9.17, 15) is 0 Å². The Morgan fingerprint density at radius 3 is 2.93 bits per heavy atom. The highest BCUT2D eigenvalue weighted by atomic mass is 127. The summed E-state index contributed by atoms with van der Waals surface area (Å²) in [6.07, 6.45) is 0. The van der Waals surface area contributed by atoms with Crippen molar-refractivity contribution in [1.29, 1.82) is 0 Å². The summed E-state index contributed by atoms with van der Waals surface area (Å²) in [7, 11) is 0. The lowest BCUT2D eigenvalue weighted by atomic mass is 10.3. The summed E-state index contributed by atoms with van der Waals surface area (Å²) in [5.74, 6) is 0.582. The minimum Gasteiger partial charge on any atom is -0.324 e. The summed E-state index contributed by atoms with van der Waals surface area (Å²) in [6, 6.07) is 5.64. The maximum atomic E-state index is 6.09. The van der Waals surface area contributed by atoms with Crippen molar-refractivity contribution < 1.29 is 0 Å². The summed E-state index contributed by atoms with van der Waals surface area (Å²) >= 11 is 8.28. The van der Waals surface area contributed by atoms with Crippen molar-refractivity contribution in [3.8, 4) is 5.69 Å². The van der Waals surface area contributed by atoms with Gasteiger partial charge in [-0.1, -0.05) is 11.6 Å². The van der Waals surface area contributed by atoms with Crippen LogP contribution in [0.1, 0.15) is 5.82 Å². The minimum atomic E-state index is 0.273. The van der Waals surface area contributed by atoms with Gasteiger partial charge in [0.1, 0.15) is 0 Å². The maximum absolute atomic E-state index is 6.09. The molecule has 0 unspecified atom stereocenters. The molecule has 2 rings (SSSR count). The summed E-state index contributed by atoms with van der Waals surface area (Å²) in [5.41, 5.74) is 6.24. The average molecular weight is 336 g/mol. The third-order valence-electron chi connectivity index (χ3n) is 1.85. The van der Waals surface area contributed by atoms with Gasteiger partial charge in [-0.15, -0.1) is 5.10 Å². The number of benzene rings is 1. The van der Waals surface area contributed by atoms with Crippen LogP contribution in [0.3, 0.4) is 0 Å². The van der Waals surface area contributed by atoms with Gasteiger partial charge in [-0.25, -0.2) is 0 Å². The molecular formula is C8H7ClIN5. The Hall–Kier alpha value is -0.730. The van der Waals surface area contributed by atoms with Crippen molar-refractivity contribution in [2.75, 3.05) is 0 Å². The average Bonchev–Trinajstić information content (AvgIpc) is 2.65. The van der Waals surface area contributed by atoms with E-state index in [4.69, 9.17) is 17.3 Å². The van der Waals surface area contributed by atoms with Gasteiger partial charge < -0.3 is 5.73 Å². The molecule has 0 aliphatic rings. The van der Waals surface area contributed by atoms with Crippen molar-refractivity contribution >= 4 is 34.2 Å². The zero-order valence-corrected chi connectivity index (χ0v) is 10.5. The molecule has 0 spiro atoms. The lowest BCUT2D eigenvalue weighted by molar-refractivity contribution is 0.761. The standard InChI is InChI=1S/C8H7ClIN5/c9-6-3-5(10)1-2-7(6)15-8(4-11)12-13-14-15/h1-3H,4,11H2. The maximum Gasteiger partial charge on any atom is 0.170 e. The molecule has 7 heteroatoms. The molecule has 2 N–H and O–H groups in total. The quantitative estimate of drug-likeness (QED) is 0.842. The molecule has 5 nitrogen and oxygen atoms in total. The number of halogens is 2. The Bertz CT molecular complexity index is 484. The van der Waals surface area contributed by atoms with Gasteiger partial charge in [-0.2, -0.15) is 4.68 Å². The third-order valence-corrected chi connectivity index (χ3v) is 2.83. The Balaban J connectivity index is 2.54. The van der Waals surface area contributed by atoms with Crippen LogP contribution in [0.25, 0.3) is 5.69 Å². The second-order valence-electron chi connectivity index (χ2n) is 2.81. The number of hydrogen-bond acceptors (Lipinski definition) is 4. The van der Waals surface area contributed by atoms with E-state index in [1.54, 1.807) is 4.68 Å². The van der Waals surface area contributed by atoms with E-state index >= 15 is 0 Å². The molecule has 78 valence electrons. The van der Waals surface area contributed by atoms with Crippen LogP contribution in [0.4, 0.5) is 0 Å². The van der Waals surface area contributed by atoms with Gasteiger partial charge in [0.15, 0.2) is 5.82 Å². The SMILES string of the molecule is NCc1nnnn1-c1ccc(I)cc1Cl. The number of tetrazole rings is 1. The van der Waals surface area contributed by atoms with Crippen LogP contribution in [0, 0.1) is 3.57 Å². The number of rotatable bonds is 2. The normalized spacial score (nSPS) is 10.6. The highest BCUT2D eigenvalue weighted by Crippen LogP contribution is 2.22. The summed E-state index contributed by atoms with van der Waals surface area (Å²) in [4.78, 5) is 0. The molecule has 1 heterocycles. The van der Waals surface area contributed by atoms with Crippen LogP contribution in [-0.4, -0.2) is 20.2 Å². The van der Waals surface area contributed by atoms with E-state index in [1.165, 1.54) is 0 Å². The Labute approximate surface area is 105 Å². The van der Waals surface area contributed by atoms with Crippen LogP contribution in [-0.2, 0) is 6.54 Å². The summed E-state index contributed by atoms with van der Waals surface area (Å²) < 4.78 is 2.60. The lowest BCUT2D eigenvalue weighted by Crippen LogP contribution is -2.08. The van der Waals surface area contributed by atoms with Gasteiger partial charge in [-0.3, -0.25) is 0 Å². The Kier molecular flexibility index (Phi) is 3.17. The van der Waals surface area contributed by atoms with Gasteiger partial charge in [0.05, 0.1) is 17.3 Å². The van der Waals surface area contributed by atoms with Gasteiger partial charge >= 0.3 is 0 Å². The van der Waals surface area contributed by atoms with Crippen LogP contribution in [0.15, 0.2) is 18.2 Å². The molecule has 15 heavy (non-hydrogen) atoms. The second-order valence-corrected chi connectivity index (χ2v) is 4.46. The van der Waals surface area contributed by atoms with Gasteiger partial charge in [-0.05, 0) is 51.2 Å². The third kappa shape index (κ3) is 2.11. The van der Waals surface area contributed by atoms with Crippen molar-refractivity contribution in [2.24, 2.45) is 5.73 Å². The summed E-state index contributed by atoms with van der Waals surface area (Å²) in [5, 5.41) is 11.8. The molecule has 0 saturated carbocycles. The first kappa shape index (κ1) is 10.8. The van der Waals surface area contributed by atoms with Gasteiger partial charge in [0.2, 0.25) is 0 Å². The zero-order chi connectivity index (χ0) is 10.8. The van der Waals surface area contributed by atoms with Crippen molar-refractivity contribution in [1.82, 2.24) is 20.2 Å². The monoisotopic (exact) mass is 335 g/mol. The largest absolute Gasteiger partial charge is 0.324 e. The van der Waals surface area contributed by atoms with Crippen LogP contribution in [0.5, 0.6) is 0 Å². The molecule has 0 radical (unpaired) electrons. The summed E-state index contributed by atoms with van der Waals surface area (Å²) in [6.45, 7) is 0.273. The van der Waals surface area contributed by atoms with E-state index in [0.29, 0.717) is 10.8 Å². The zero-order valence-electron chi connectivity index (χ0n) is 7.56. The smallest absolute Gasteiger partial charge is 0.170 e. The first-order valence-electron chi connectivity index (χ1n) is 4.15. The van der Waals surface area contributed by atoms with E-state index in [-0.39, 0.29) is 6.54 Å². The van der Waals surface area contributed by atoms with Crippen molar-refractivity contribution in [3.05, 3.63) is 32.6 Å². The van der Waals surface area contributed by atoms with Crippen molar-refractivity contribution in [2.45, 2.75) is 6.54 Å². The predicted molar refractivity (Wildman–Crippen MR) is 64.8 cm³/mol. The minimum absolute atomic E-state index is 0.273. The first-order chi connectivity index (χ1) is 7.22. The van der Waals surface area contributed by atoms with E-state index < -0.39 is 0 Å². The molecule has 0 saturated heterocycles. The molecular weight excluding hydrogens is 328 g/mol. The highest BCUT2D eigenvalue weighted by Gasteiger charge is 2.09. The molecule has 2 aromatic rings. The fourth-order valence-electron chi connectivity index (χ4n) is 1.17. The number of aromatic nitrogens is 4.